The molecule has 2 unspecified atom stereocenters. The van der Waals surface area contributed by atoms with Crippen LogP contribution in [-0.2, 0) is 4.79 Å². The maximum atomic E-state index is 12.9. The van der Waals surface area contributed by atoms with Crippen LogP contribution >= 0.6 is 11.6 Å². The first-order valence-corrected chi connectivity index (χ1v) is 8.96. The van der Waals surface area contributed by atoms with Crippen molar-refractivity contribution in [2.75, 3.05) is 18.1 Å². The maximum Gasteiger partial charge on any atom is 0.268 e. The average molecular weight is 362 g/mol. The molecular weight excluding hydrogens is 338 g/mol. The number of hydrogen-bond acceptors (Lipinski definition) is 3. The zero-order valence-electron chi connectivity index (χ0n) is 14.9. The smallest absolute Gasteiger partial charge is 0.268 e. The van der Waals surface area contributed by atoms with Gasteiger partial charge >= 0.3 is 0 Å². The minimum absolute atomic E-state index is 0.0856. The molecule has 2 atom stereocenters. The van der Waals surface area contributed by atoms with Gasteiger partial charge in [0, 0.05) is 13.0 Å². The van der Waals surface area contributed by atoms with Gasteiger partial charge < -0.3 is 14.7 Å². The zero-order valence-corrected chi connectivity index (χ0v) is 15.6. The molecule has 134 valence electrons. The van der Waals surface area contributed by atoms with Crippen LogP contribution in [0.4, 0.5) is 5.69 Å². The molecule has 2 aliphatic rings. The predicted octanol–water partition coefficient (Wildman–Crippen LogP) is 3.66. The summed E-state index contributed by atoms with van der Waals surface area (Å²) in [6, 6.07) is 4.02. The maximum absolute atomic E-state index is 12.9. The number of allylic oxidation sites excluding steroid dienone is 2. The van der Waals surface area contributed by atoms with Crippen LogP contribution in [0.3, 0.4) is 0 Å². The van der Waals surface area contributed by atoms with Gasteiger partial charge in [-0.3, -0.25) is 4.79 Å². The van der Waals surface area contributed by atoms with E-state index in [-0.39, 0.29) is 23.8 Å². The number of hydrogen-bond donors (Lipinski definition) is 1. The van der Waals surface area contributed by atoms with E-state index in [2.05, 4.69) is 6.08 Å². The van der Waals surface area contributed by atoms with E-state index in [0.717, 1.165) is 34.6 Å². The molecule has 0 saturated heterocycles. The molecule has 0 saturated carbocycles. The summed E-state index contributed by atoms with van der Waals surface area (Å²) in [4.78, 5) is 14.3. The van der Waals surface area contributed by atoms with Crippen LogP contribution in [0.1, 0.15) is 30.9 Å². The van der Waals surface area contributed by atoms with Gasteiger partial charge in [-0.15, -0.1) is 11.6 Å². The average Bonchev–Trinajstić information content (AvgIpc) is 2.54. The fraction of sp³-hybridized carbons (Fsp3) is 0.450. The molecule has 0 fully saturated rings. The first-order chi connectivity index (χ1) is 11.8. The van der Waals surface area contributed by atoms with E-state index in [4.69, 9.17) is 16.3 Å². The highest BCUT2D eigenvalue weighted by atomic mass is 35.5. The zero-order chi connectivity index (χ0) is 18.2. The summed E-state index contributed by atoms with van der Waals surface area (Å²) in [6.07, 6.45) is 6.42. The molecule has 3 rings (SSSR count). The number of ether oxygens (including phenoxy) is 1. The summed E-state index contributed by atoms with van der Waals surface area (Å²) in [5.74, 6) is 0.617. The molecule has 5 heteroatoms. The summed E-state index contributed by atoms with van der Waals surface area (Å²) in [6.45, 7) is 6.35. The Kier molecular flexibility index (Phi) is 4.94. The summed E-state index contributed by atoms with van der Waals surface area (Å²) >= 11 is 6.34. The third-order valence-corrected chi connectivity index (χ3v) is 4.91. The number of aryl methyl sites for hydroxylation is 2. The van der Waals surface area contributed by atoms with Gasteiger partial charge in [-0.25, -0.2) is 0 Å². The third kappa shape index (κ3) is 3.75. The van der Waals surface area contributed by atoms with Crippen LogP contribution in [0.15, 0.2) is 35.9 Å². The number of nitrogens with zero attached hydrogens (tertiary/aromatic N) is 1. The minimum Gasteiger partial charge on any atom is -0.478 e. The number of rotatable bonds is 4. The number of halogens is 1. The SMILES string of the molecule is Cc1cc(C)c2c(c1)N(CC1=CCC(C)(Cl)C=C1)C(=O)C(CCO)O2. The molecule has 1 amide bonds. The van der Waals surface area contributed by atoms with E-state index < -0.39 is 6.10 Å². The Morgan fingerprint density at radius 3 is 2.80 bits per heavy atom. The highest BCUT2D eigenvalue weighted by molar-refractivity contribution is 6.25. The summed E-state index contributed by atoms with van der Waals surface area (Å²) in [5, 5.41) is 9.28. The molecule has 0 spiro atoms. The van der Waals surface area contributed by atoms with Crippen LogP contribution in [0, 0.1) is 13.8 Å². The van der Waals surface area contributed by atoms with E-state index in [1.807, 2.05) is 45.1 Å². The van der Waals surface area contributed by atoms with Crippen LogP contribution in [0.25, 0.3) is 0 Å². The third-order valence-electron chi connectivity index (χ3n) is 4.63. The van der Waals surface area contributed by atoms with Crippen molar-refractivity contribution < 1.29 is 14.6 Å². The predicted molar refractivity (Wildman–Crippen MR) is 100 cm³/mol. The highest BCUT2D eigenvalue weighted by Gasteiger charge is 2.35. The van der Waals surface area contributed by atoms with Gasteiger partial charge in [0.15, 0.2) is 6.10 Å². The molecule has 25 heavy (non-hydrogen) atoms. The second-order valence-corrected chi connectivity index (χ2v) is 7.93. The summed E-state index contributed by atoms with van der Waals surface area (Å²) in [7, 11) is 0. The molecule has 1 aromatic rings. The van der Waals surface area contributed by atoms with Crippen LogP contribution in [-0.4, -0.2) is 35.1 Å². The Bertz CT molecular complexity index is 752. The summed E-state index contributed by atoms with van der Waals surface area (Å²) in [5.41, 5.74) is 3.93. The fourth-order valence-corrected chi connectivity index (χ4v) is 3.42. The lowest BCUT2D eigenvalue weighted by Gasteiger charge is -2.36. The molecule has 1 aliphatic carbocycles. The van der Waals surface area contributed by atoms with Crippen LogP contribution < -0.4 is 9.64 Å². The number of anilines is 1. The Hall–Kier alpha value is -1.78. The molecule has 0 aromatic heterocycles. The Morgan fingerprint density at radius 1 is 1.40 bits per heavy atom. The standard InChI is InChI=1S/C20H24ClNO3/c1-13-10-14(2)18-16(11-13)22(19(24)17(25-18)6-9-23)12-15-4-7-20(3,21)8-5-15/h4-5,7,10-11,17,23H,6,8-9,12H2,1-3H3. The van der Waals surface area contributed by atoms with E-state index in [0.29, 0.717) is 6.54 Å². The van der Waals surface area contributed by atoms with E-state index >= 15 is 0 Å². The fourth-order valence-electron chi connectivity index (χ4n) is 3.28. The van der Waals surface area contributed by atoms with Crippen LogP contribution in [0.2, 0.25) is 0 Å². The number of aliphatic hydroxyl groups is 1. The van der Waals surface area contributed by atoms with E-state index in [1.165, 1.54) is 0 Å². The Labute approximate surface area is 153 Å². The van der Waals surface area contributed by atoms with Crippen molar-refractivity contribution in [3.63, 3.8) is 0 Å². The van der Waals surface area contributed by atoms with E-state index in [9.17, 15) is 9.90 Å². The molecule has 1 aliphatic heterocycles. The first-order valence-electron chi connectivity index (χ1n) is 8.58. The molecule has 1 N–H and O–H groups in total. The second kappa shape index (κ2) is 6.85. The van der Waals surface area contributed by atoms with Crippen LogP contribution in [0.5, 0.6) is 5.75 Å². The second-order valence-electron chi connectivity index (χ2n) is 7.07. The lowest BCUT2D eigenvalue weighted by atomic mass is 9.96. The monoisotopic (exact) mass is 361 g/mol. The Morgan fingerprint density at radius 2 is 2.16 bits per heavy atom. The van der Waals surface area contributed by atoms with Gasteiger partial charge in [-0.05, 0) is 50.0 Å². The van der Waals surface area contributed by atoms with Gasteiger partial charge in [0.25, 0.3) is 5.91 Å². The van der Waals surface area contributed by atoms with Crippen molar-refractivity contribution in [3.8, 4) is 5.75 Å². The number of benzene rings is 1. The number of aliphatic hydroxyl groups excluding tert-OH is 1. The van der Waals surface area contributed by atoms with Crippen molar-refractivity contribution >= 4 is 23.2 Å². The molecule has 0 bridgehead atoms. The van der Waals surface area contributed by atoms with Gasteiger partial charge in [-0.2, -0.15) is 0 Å². The van der Waals surface area contributed by atoms with Gasteiger partial charge in [0.05, 0.1) is 17.1 Å². The van der Waals surface area contributed by atoms with Gasteiger partial charge in [0.2, 0.25) is 0 Å². The minimum atomic E-state index is -0.648. The lowest BCUT2D eigenvalue weighted by molar-refractivity contribution is -0.126. The number of fused-ring (bicyclic) bond motifs is 1. The van der Waals surface area contributed by atoms with Crippen molar-refractivity contribution in [3.05, 3.63) is 47.1 Å². The van der Waals surface area contributed by atoms with Gasteiger partial charge in [-0.1, -0.05) is 24.3 Å². The molecular formula is C20H24ClNO3. The van der Waals surface area contributed by atoms with E-state index in [1.54, 1.807) is 4.90 Å². The molecule has 4 nitrogen and oxygen atoms in total. The number of carbonyl (C=O) groups excluding carboxylic acids is 1. The topological polar surface area (TPSA) is 49.8 Å². The van der Waals surface area contributed by atoms with Gasteiger partial charge in [0.1, 0.15) is 5.75 Å². The Balaban J connectivity index is 1.95. The number of alkyl halides is 1. The van der Waals surface area contributed by atoms with Crippen molar-refractivity contribution in [1.82, 2.24) is 0 Å². The quantitative estimate of drug-likeness (QED) is 0.832. The normalized spacial score (nSPS) is 25.5. The molecule has 0 radical (unpaired) electrons. The molecule has 1 aromatic carbocycles. The molecule has 1 heterocycles. The lowest BCUT2D eigenvalue weighted by Crippen LogP contribution is -2.47. The number of carbonyl (C=O) groups is 1. The van der Waals surface area contributed by atoms with Crippen molar-refractivity contribution in [2.24, 2.45) is 0 Å². The highest BCUT2D eigenvalue weighted by Crippen LogP contribution is 2.39. The largest absolute Gasteiger partial charge is 0.478 e. The van der Waals surface area contributed by atoms with Crippen molar-refractivity contribution in [1.29, 1.82) is 0 Å². The first kappa shape index (κ1) is 18.0. The van der Waals surface area contributed by atoms with Crippen molar-refractivity contribution in [2.45, 2.75) is 44.6 Å². The number of amides is 1. The summed E-state index contributed by atoms with van der Waals surface area (Å²) < 4.78 is 5.91.